The number of nitrogens with one attached hydrogen (secondary N) is 1. The lowest BCUT2D eigenvalue weighted by molar-refractivity contribution is 0.615. The zero-order valence-corrected chi connectivity index (χ0v) is 10.6. The average Bonchev–Trinajstić information content (AvgIpc) is 2.79. The van der Waals surface area contributed by atoms with Crippen molar-refractivity contribution in [2.75, 3.05) is 0 Å². The van der Waals surface area contributed by atoms with Gasteiger partial charge in [0.25, 0.3) is 5.56 Å². The summed E-state index contributed by atoms with van der Waals surface area (Å²) in [6.07, 6.45) is 0. The minimum Gasteiger partial charge on any atom is -0.323 e. The van der Waals surface area contributed by atoms with Crippen LogP contribution in [0.1, 0.15) is 0 Å². The highest BCUT2D eigenvalue weighted by Crippen LogP contribution is 2.17. The Morgan fingerprint density at radius 2 is 2.06 bits per heavy atom. The van der Waals surface area contributed by atoms with Gasteiger partial charge in [0.05, 0.1) is 11.1 Å². The summed E-state index contributed by atoms with van der Waals surface area (Å²) < 4.78 is 15.1. The van der Waals surface area contributed by atoms with E-state index >= 15 is 0 Å². The van der Waals surface area contributed by atoms with Crippen molar-refractivity contribution in [1.29, 1.82) is 0 Å². The molecule has 0 aliphatic carbocycles. The zero-order valence-electron chi connectivity index (χ0n) is 9.01. The molecule has 0 radical (unpaired) electrons. The Bertz CT molecular complexity index is 847. The third-order valence-corrected chi connectivity index (χ3v) is 3.73. The fourth-order valence-corrected chi connectivity index (χ4v) is 2.92. The molecule has 2 heterocycles. The van der Waals surface area contributed by atoms with E-state index in [4.69, 9.17) is 12.2 Å². The Morgan fingerprint density at radius 3 is 2.83 bits per heavy atom. The van der Waals surface area contributed by atoms with Crippen molar-refractivity contribution in [3.05, 3.63) is 56.7 Å². The van der Waals surface area contributed by atoms with Gasteiger partial charge in [-0.2, -0.15) is 0 Å². The van der Waals surface area contributed by atoms with E-state index in [9.17, 15) is 9.18 Å². The summed E-state index contributed by atoms with van der Waals surface area (Å²) in [5, 5.41) is 2.31. The first-order valence-electron chi connectivity index (χ1n) is 5.16. The van der Waals surface area contributed by atoms with Crippen molar-refractivity contribution in [1.82, 2.24) is 9.55 Å². The molecule has 0 amide bonds. The molecule has 3 aromatic rings. The molecule has 0 aliphatic rings. The maximum Gasteiger partial charge on any atom is 0.267 e. The van der Waals surface area contributed by atoms with E-state index in [0.717, 1.165) is 0 Å². The van der Waals surface area contributed by atoms with Crippen molar-refractivity contribution in [3.8, 4) is 5.69 Å². The SMILES string of the molecule is O=c1c2ccsc2[nH]c(=S)n1-c1ccccc1F. The van der Waals surface area contributed by atoms with E-state index in [2.05, 4.69) is 4.98 Å². The van der Waals surface area contributed by atoms with Crippen LogP contribution in [0.25, 0.3) is 15.9 Å². The third kappa shape index (κ3) is 1.61. The van der Waals surface area contributed by atoms with Gasteiger partial charge >= 0.3 is 0 Å². The number of benzene rings is 1. The second kappa shape index (κ2) is 4.15. The molecular formula is C12H7FN2OS2. The predicted octanol–water partition coefficient (Wildman–Crippen LogP) is 3.25. The van der Waals surface area contributed by atoms with Crippen molar-refractivity contribution in [3.63, 3.8) is 0 Å². The number of aromatic nitrogens is 2. The quantitative estimate of drug-likeness (QED) is 0.694. The van der Waals surface area contributed by atoms with Gasteiger partial charge in [0.2, 0.25) is 0 Å². The second-order valence-electron chi connectivity index (χ2n) is 3.69. The molecule has 2 aromatic heterocycles. The van der Waals surface area contributed by atoms with Gasteiger partial charge in [0.15, 0.2) is 4.77 Å². The summed E-state index contributed by atoms with van der Waals surface area (Å²) in [7, 11) is 0. The van der Waals surface area contributed by atoms with E-state index in [1.165, 1.54) is 28.0 Å². The summed E-state index contributed by atoms with van der Waals surface area (Å²) >= 11 is 6.52. The molecule has 0 atom stereocenters. The molecule has 0 spiro atoms. The van der Waals surface area contributed by atoms with Crippen molar-refractivity contribution in [2.24, 2.45) is 0 Å². The van der Waals surface area contributed by atoms with Crippen LogP contribution in [0.2, 0.25) is 0 Å². The number of H-pyrrole nitrogens is 1. The fraction of sp³-hybridized carbons (Fsp3) is 0. The van der Waals surface area contributed by atoms with Crippen LogP contribution in [-0.4, -0.2) is 9.55 Å². The van der Waals surface area contributed by atoms with Crippen LogP contribution in [0.15, 0.2) is 40.5 Å². The maximum absolute atomic E-state index is 13.7. The molecule has 0 unspecified atom stereocenters. The summed E-state index contributed by atoms with van der Waals surface area (Å²) in [5.41, 5.74) is -0.142. The third-order valence-electron chi connectivity index (χ3n) is 2.62. The van der Waals surface area contributed by atoms with Crippen molar-refractivity contribution < 1.29 is 4.39 Å². The van der Waals surface area contributed by atoms with Gasteiger partial charge in [-0.25, -0.2) is 8.96 Å². The van der Waals surface area contributed by atoms with Gasteiger partial charge in [-0.15, -0.1) is 11.3 Å². The summed E-state index contributed by atoms with van der Waals surface area (Å²) in [6, 6.07) is 7.76. The van der Waals surface area contributed by atoms with Gasteiger partial charge in [0, 0.05) is 0 Å². The molecule has 0 aliphatic heterocycles. The molecular weight excluding hydrogens is 271 g/mol. The number of hydrogen-bond donors (Lipinski definition) is 1. The van der Waals surface area contributed by atoms with Crippen LogP contribution in [0.3, 0.4) is 0 Å². The molecule has 0 saturated heterocycles. The Kier molecular flexibility index (Phi) is 2.61. The van der Waals surface area contributed by atoms with Crippen LogP contribution in [-0.2, 0) is 0 Å². The Labute approximate surface area is 110 Å². The van der Waals surface area contributed by atoms with Crippen LogP contribution < -0.4 is 5.56 Å². The van der Waals surface area contributed by atoms with Crippen LogP contribution in [0.5, 0.6) is 0 Å². The number of aromatic amines is 1. The monoisotopic (exact) mass is 278 g/mol. The lowest BCUT2D eigenvalue weighted by Gasteiger charge is -2.07. The lowest BCUT2D eigenvalue weighted by Crippen LogP contribution is -2.20. The van der Waals surface area contributed by atoms with E-state index in [0.29, 0.717) is 10.2 Å². The molecule has 90 valence electrons. The Morgan fingerprint density at radius 1 is 1.28 bits per heavy atom. The van der Waals surface area contributed by atoms with Gasteiger partial charge in [-0.3, -0.25) is 4.79 Å². The Hall–Kier alpha value is -1.79. The van der Waals surface area contributed by atoms with Crippen LogP contribution in [0, 0.1) is 10.6 Å². The van der Waals surface area contributed by atoms with Crippen molar-refractivity contribution >= 4 is 33.8 Å². The molecule has 0 saturated carbocycles. The molecule has 6 heteroatoms. The second-order valence-corrected chi connectivity index (χ2v) is 4.99. The molecule has 0 fully saturated rings. The van der Waals surface area contributed by atoms with E-state index in [1.54, 1.807) is 23.6 Å². The standard InChI is InChI=1S/C12H7FN2OS2/c13-8-3-1-2-4-9(8)15-11(16)7-5-6-18-10(7)14-12(15)17/h1-6H,(H,14,17). The number of halogens is 1. The molecule has 3 nitrogen and oxygen atoms in total. The average molecular weight is 278 g/mol. The summed E-state index contributed by atoms with van der Waals surface area (Å²) in [4.78, 5) is 15.9. The number of hydrogen-bond acceptors (Lipinski definition) is 3. The van der Waals surface area contributed by atoms with Gasteiger partial charge in [-0.1, -0.05) is 12.1 Å². The van der Waals surface area contributed by atoms with E-state index in [1.807, 2.05) is 0 Å². The number of rotatable bonds is 1. The first kappa shape index (κ1) is 11.3. The Balaban J connectivity index is 2.47. The largest absolute Gasteiger partial charge is 0.323 e. The molecule has 1 aromatic carbocycles. The number of para-hydroxylation sites is 1. The molecule has 3 rings (SSSR count). The fourth-order valence-electron chi connectivity index (χ4n) is 1.79. The first-order valence-corrected chi connectivity index (χ1v) is 6.45. The number of fused-ring (bicyclic) bond motifs is 1. The highest BCUT2D eigenvalue weighted by atomic mass is 32.1. The maximum atomic E-state index is 13.7. The van der Waals surface area contributed by atoms with Gasteiger partial charge in [-0.05, 0) is 35.8 Å². The summed E-state index contributed by atoms with van der Waals surface area (Å²) in [5.74, 6) is -0.478. The van der Waals surface area contributed by atoms with Gasteiger partial charge in [0.1, 0.15) is 10.6 Å². The van der Waals surface area contributed by atoms with Crippen LogP contribution >= 0.6 is 23.6 Å². The highest BCUT2D eigenvalue weighted by Gasteiger charge is 2.11. The van der Waals surface area contributed by atoms with Crippen LogP contribution in [0.4, 0.5) is 4.39 Å². The van der Waals surface area contributed by atoms with E-state index < -0.39 is 5.82 Å². The number of nitrogens with zero attached hydrogens (tertiary/aromatic N) is 1. The molecule has 18 heavy (non-hydrogen) atoms. The summed E-state index contributed by atoms with van der Waals surface area (Å²) in [6.45, 7) is 0. The topological polar surface area (TPSA) is 37.8 Å². The molecule has 1 N–H and O–H groups in total. The van der Waals surface area contributed by atoms with E-state index in [-0.39, 0.29) is 16.0 Å². The smallest absolute Gasteiger partial charge is 0.267 e. The zero-order chi connectivity index (χ0) is 12.7. The lowest BCUT2D eigenvalue weighted by atomic mass is 10.3. The highest BCUT2D eigenvalue weighted by molar-refractivity contribution is 7.71. The number of thiophene rings is 1. The van der Waals surface area contributed by atoms with Crippen molar-refractivity contribution in [2.45, 2.75) is 0 Å². The minimum atomic E-state index is -0.478. The normalized spacial score (nSPS) is 10.9. The first-order chi connectivity index (χ1) is 8.68. The molecule has 0 bridgehead atoms. The predicted molar refractivity (Wildman–Crippen MR) is 72.6 cm³/mol. The van der Waals surface area contributed by atoms with Gasteiger partial charge < -0.3 is 4.98 Å². The minimum absolute atomic E-state index is 0.164.